The van der Waals surface area contributed by atoms with Crippen LogP contribution in [0.25, 0.3) is 0 Å². The highest BCUT2D eigenvalue weighted by Gasteiger charge is 2.38. The van der Waals surface area contributed by atoms with Crippen LogP contribution in [0.4, 0.5) is 4.79 Å². The number of carbonyl (C=O) groups excluding carboxylic acids is 2. The SMILES string of the molecule is CC(C)(C)OC(=O)N1C=CC=NC=C1C(=O)N1CC(OC(c2ccc(Cl)cc2)c2ccccc2Cl)C1. The van der Waals surface area contributed by atoms with Crippen LogP contribution in [0.1, 0.15) is 38.0 Å². The van der Waals surface area contributed by atoms with Gasteiger partial charge in [-0.2, -0.15) is 0 Å². The van der Waals surface area contributed by atoms with E-state index < -0.39 is 17.8 Å². The molecule has 1 unspecified atom stereocenters. The van der Waals surface area contributed by atoms with Gasteiger partial charge in [0.15, 0.2) is 0 Å². The first kappa shape index (κ1) is 25.9. The molecule has 2 amide bonds. The van der Waals surface area contributed by atoms with Crippen molar-refractivity contribution in [3.8, 4) is 0 Å². The molecule has 0 spiro atoms. The summed E-state index contributed by atoms with van der Waals surface area (Å²) in [5.41, 5.74) is 1.12. The first-order valence-corrected chi connectivity index (χ1v) is 12.2. The molecule has 2 aromatic rings. The number of aliphatic imine (C=N–C) groups is 1. The van der Waals surface area contributed by atoms with Crippen LogP contribution >= 0.6 is 23.2 Å². The molecule has 9 heteroatoms. The summed E-state index contributed by atoms with van der Waals surface area (Å²) in [7, 11) is 0. The zero-order chi connectivity index (χ0) is 25.9. The van der Waals surface area contributed by atoms with Crippen molar-refractivity contribution in [2.24, 2.45) is 4.99 Å². The number of benzene rings is 2. The zero-order valence-corrected chi connectivity index (χ0v) is 21.7. The highest BCUT2D eigenvalue weighted by Crippen LogP contribution is 2.34. The van der Waals surface area contributed by atoms with E-state index in [2.05, 4.69) is 4.99 Å². The number of hydrogen-bond acceptors (Lipinski definition) is 5. The van der Waals surface area contributed by atoms with Crippen molar-refractivity contribution in [3.63, 3.8) is 0 Å². The minimum absolute atomic E-state index is 0.105. The van der Waals surface area contributed by atoms with E-state index in [1.807, 2.05) is 36.4 Å². The molecule has 1 atom stereocenters. The Morgan fingerprint density at radius 1 is 1.06 bits per heavy atom. The Balaban J connectivity index is 1.47. The molecule has 0 aromatic heterocycles. The molecular weight excluding hydrogens is 501 g/mol. The number of allylic oxidation sites excluding steroid dienone is 1. The highest BCUT2D eigenvalue weighted by atomic mass is 35.5. The van der Waals surface area contributed by atoms with E-state index in [1.54, 1.807) is 43.9 Å². The summed E-state index contributed by atoms with van der Waals surface area (Å²) in [5.74, 6) is -0.342. The average Bonchev–Trinajstić information content (AvgIpc) is 3.05. The van der Waals surface area contributed by atoms with Crippen LogP contribution < -0.4 is 0 Å². The third-order valence-corrected chi connectivity index (χ3v) is 6.09. The summed E-state index contributed by atoms with van der Waals surface area (Å²) in [4.78, 5) is 32.9. The first-order valence-electron chi connectivity index (χ1n) is 11.5. The van der Waals surface area contributed by atoms with E-state index in [9.17, 15) is 9.59 Å². The minimum atomic E-state index is -0.711. The Morgan fingerprint density at radius 2 is 1.75 bits per heavy atom. The van der Waals surface area contributed by atoms with Crippen LogP contribution in [0.15, 0.2) is 77.7 Å². The normalized spacial score (nSPS) is 16.8. The number of rotatable bonds is 5. The molecule has 0 N–H and O–H groups in total. The van der Waals surface area contributed by atoms with E-state index in [4.69, 9.17) is 32.7 Å². The van der Waals surface area contributed by atoms with Gasteiger partial charge in [-0.05, 0) is 50.6 Å². The van der Waals surface area contributed by atoms with E-state index >= 15 is 0 Å². The maximum atomic E-state index is 13.3. The average molecular weight is 528 g/mol. The van der Waals surface area contributed by atoms with Crippen molar-refractivity contribution in [2.45, 2.75) is 38.6 Å². The molecule has 36 heavy (non-hydrogen) atoms. The topological polar surface area (TPSA) is 71.4 Å². The first-order chi connectivity index (χ1) is 17.1. The fourth-order valence-electron chi connectivity index (χ4n) is 3.76. The van der Waals surface area contributed by atoms with Gasteiger partial charge in [-0.3, -0.25) is 9.79 Å². The highest BCUT2D eigenvalue weighted by molar-refractivity contribution is 6.31. The Kier molecular flexibility index (Phi) is 7.83. The fourth-order valence-corrected chi connectivity index (χ4v) is 4.12. The molecule has 7 nitrogen and oxygen atoms in total. The molecule has 0 aliphatic carbocycles. The van der Waals surface area contributed by atoms with Gasteiger partial charge in [0.2, 0.25) is 0 Å². The second-order valence-corrected chi connectivity index (χ2v) is 10.3. The van der Waals surface area contributed by atoms with Crippen molar-refractivity contribution >= 4 is 41.4 Å². The molecule has 2 aliphatic rings. The summed E-state index contributed by atoms with van der Waals surface area (Å²) in [6.07, 6.45) is 4.59. The monoisotopic (exact) mass is 527 g/mol. The lowest BCUT2D eigenvalue weighted by Crippen LogP contribution is -2.56. The number of ether oxygens (including phenoxy) is 2. The molecule has 0 radical (unpaired) electrons. The largest absolute Gasteiger partial charge is 0.443 e. The lowest BCUT2D eigenvalue weighted by Gasteiger charge is -2.41. The number of carbonyl (C=O) groups is 2. The number of hydrogen-bond donors (Lipinski definition) is 0. The molecule has 4 rings (SSSR count). The second-order valence-electron chi connectivity index (χ2n) is 9.43. The molecule has 1 saturated heterocycles. The van der Waals surface area contributed by atoms with E-state index in [0.717, 1.165) is 11.1 Å². The zero-order valence-electron chi connectivity index (χ0n) is 20.2. The number of halogens is 2. The van der Waals surface area contributed by atoms with Gasteiger partial charge in [0, 0.05) is 41.1 Å². The fraction of sp³-hybridized carbons (Fsp3) is 0.296. The summed E-state index contributed by atoms with van der Waals surface area (Å²) in [6.45, 7) is 5.99. The van der Waals surface area contributed by atoms with Crippen LogP contribution in [0.2, 0.25) is 10.0 Å². The van der Waals surface area contributed by atoms with Crippen molar-refractivity contribution in [1.29, 1.82) is 0 Å². The smallest absolute Gasteiger partial charge is 0.419 e. The Hall–Kier alpha value is -3.13. The molecule has 0 saturated carbocycles. The minimum Gasteiger partial charge on any atom is -0.443 e. The third kappa shape index (κ3) is 6.16. The van der Waals surface area contributed by atoms with Gasteiger partial charge in [0.1, 0.15) is 17.4 Å². The van der Waals surface area contributed by atoms with Gasteiger partial charge in [0.25, 0.3) is 5.91 Å². The standard InChI is InChI=1S/C27H27Cl2N3O4/c1-27(2,3)36-26(34)32-14-6-13-30-15-23(32)25(33)31-16-20(17-31)35-24(18-9-11-19(28)12-10-18)21-7-4-5-8-22(21)29/h4-15,20,24H,16-17H2,1-3H3. The van der Waals surface area contributed by atoms with E-state index in [1.165, 1.54) is 23.5 Å². The Labute approximate surface area is 220 Å². The lowest BCUT2D eigenvalue weighted by atomic mass is 10.0. The van der Waals surface area contributed by atoms with Gasteiger partial charge >= 0.3 is 6.09 Å². The molecule has 2 heterocycles. The Morgan fingerprint density at radius 3 is 2.42 bits per heavy atom. The van der Waals surface area contributed by atoms with Crippen LogP contribution in [0, 0.1) is 0 Å². The summed E-state index contributed by atoms with van der Waals surface area (Å²) >= 11 is 12.6. The summed E-state index contributed by atoms with van der Waals surface area (Å²) in [6, 6.07) is 14.9. The van der Waals surface area contributed by atoms with Crippen LogP contribution in [-0.4, -0.2) is 52.8 Å². The maximum Gasteiger partial charge on any atom is 0.419 e. The second kappa shape index (κ2) is 10.9. The van der Waals surface area contributed by atoms with Crippen molar-refractivity contribution in [3.05, 3.63) is 93.9 Å². The molecule has 1 fully saturated rings. The van der Waals surface area contributed by atoms with Gasteiger partial charge in [-0.15, -0.1) is 0 Å². The van der Waals surface area contributed by atoms with Crippen LogP contribution in [-0.2, 0) is 14.3 Å². The van der Waals surface area contributed by atoms with E-state index in [-0.39, 0.29) is 17.7 Å². The van der Waals surface area contributed by atoms with Gasteiger partial charge in [-0.1, -0.05) is 53.5 Å². The van der Waals surface area contributed by atoms with Gasteiger partial charge < -0.3 is 14.4 Å². The van der Waals surface area contributed by atoms with E-state index in [0.29, 0.717) is 23.1 Å². The number of nitrogens with zero attached hydrogens (tertiary/aromatic N) is 3. The van der Waals surface area contributed by atoms with Gasteiger partial charge in [-0.25, -0.2) is 9.69 Å². The van der Waals surface area contributed by atoms with Gasteiger partial charge in [0.05, 0.1) is 12.3 Å². The number of likely N-dealkylation sites (tertiary alicyclic amines) is 1. The molecule has 2 aromatic carbocycles. The molecule has 2 aliphatic heterocycles. The third-order valence-electron chi connectivity index (χ3n) is 5.50. The lowest BCUT2D eigenvalue weighted by molar-refractivity contribution is -0.145. The maximum absolute atomic E-state index is 13.3. The van der Waals surface area contributed by atoms with Crippen molar-refractivity contribution in [1.82, 2.24) is 9.80 Å². The Bertz CT molecular complexity index is 1210. The number of amides is 2. The molecule has 0 bridgehead atoms. The predicted molar refractivity (Wildman–Crippen MR) is 140 cm³/mol. The quantitative estimate of drug-likeness (QED) is 0.478. The summed E-state index contributed by atoms with van der Waals surface area (Å²) < 4.78 is 11.9. The molecule has 188 valence electrons. The molecular formula is C27H27Cl2N3O4. The van der Waals surface area contributed by atoms with Crippen LogP contribution in [0.3, 0.4) is 0 Å². The van der Waals surface area contributed by atoms with Crippen molar-refractivity contribution < 1.29 is 19.1 Å². The van der Waals surface area contributed by atoms with Crippen LogP contribution in [0.5, 0.6) is 0 Å². The van der Waals surface area contributed by atoms with Crippen molar-refractivity contribution in [2.75, 3.05) is 13.1 Å². The predicted octanol–water partition coefficient (Wildman–Crippen LogP) is 5.99. The summed E-state index contributed by atoms with van der Waals surface area (Å²) in [5, 5.41) is 1.21.